The molecule has 0 fully saturated rings. The number of halogens is 2. The number of carbonyl (C=O) groups is 1. The summed E-state index contributed by atoms with van der Waals surface area (Å²) in [4.78, 5) is 42.9. The Hall–Kier alpha value is -3.48. The molecule has 3 aromatic rings. The van der Waals surface area contributed by atoms with Gasteiger partial charge in [0.05, 0.1) is 38.9 Å². The SMILES string of the molecule is CCCC1=C(C(=O)OCC)[C@H](c2cc(Cl)ccc2OC)n2c(s/c(=C/c3cc(Br)c(O)c([N+](=O)[O-])c3)c2=O)=N1. The van der Waals surface area contributed by atoms with E-state index in [1.165, 1.54) is 29.9 Å². The van der Waals surface area contributed by atoms with Crippen LogP contribution in [0, 0.1) is 10.1 Å². The van der Waals surface area contributed by atoms with E-state index in [1.807, 2.05) is 6.92 Å². The highest BCUT2D eigenvalue weighted by Crippen LogP contribution is 2.38. The van der Waals surface area contributed by atoms with Gasteiger partial charge >= 0.3 is 11.7 Å². The molecule has 1 atom stereocenters. The minimum absolute atomic E-state index is 0.104. The van der Waals surface area contributed by atoms with Gasteiger partial charge in [-0.3, -0.25) is 19.5 Å². The maximum Gasteiger partial charge on any atom is 0.338 e. The van der Waals surface area contributed by atoms with Crippen LogP contribution in [-0.4, -0.2) is 34.3 Å². The predicted octanol–water partition coefficient (Wildman–Crippen LogP) is 4.62. The van der Waals surface area contributed by atoms with Crippen LogP contribution in [0.3, 0.4) is 0 Å². The Labute approximate surface area is 239 Å². The summed E-state index contributed by atoms with van der Waals surface area (Å²) in [6.07, 6.45) is 2.61. The largest absolute Gasteiger partial charge is 0.501 e. The fourth-order valence-electron chi connectivity index (χ4n) is 4.31. The molecule has 0 bridgehead atoms. The van der Waals surface area contributed by atoms with Gasteiger partial charge in [-0.15, -0.1) is 0 Å². The number of nitrogens with zero attached hydrogens (tertiary/aromatic N) is 3. The number of phenols is 1. The van der Waals surface area contributed by atoms with Gasteiger partial charge in [0.15, 0.2) is 4.80 Å². The number of fused-ring (bicyclic) bond motifs is 1. The molecule has 39 heavy (non-hydrogen) atoms. The van der Waals surface area contributed by atoms with Crippen molar-refractivity contribution in [3.8, 4) is 11.5 Å². The summed E-state index contributed by atoms with van der Waals surface area (Å²) in [5.74, 6) is -0.712. The van der Waals surface area contributed by atoms with Gasteiger partial charge in [0.25, 0.3) is 5.56 Å². The van der Waals surface area contributed by atoms with Crippen LogP contribution in [0.15, 0.2) is 55.9 Å². The summed E-state index contributed by atoms with van der Waals surface area (Å²) in [5, 5.41) is 21.8. The molecule has 4 rings (SSSR count). The van der Waals surface area contributed by atoms with E-state index in [9.17, 15) is 24.8 Å². The first-order chi connectivity index (χ1) is 18.6. The summed E-state index contributed by atoms with van der Waals surface area (Å²) < 4.78 is 12.7. The number of nitro benzene ring substituents is 1. The van der Waals surface area contributed by atoms with Crippen LogP contribution in [0.25, 0.3) is 6.08 Å². The topological polar surface area (TPSA) is 133 Å². The van der Waals surface area contributed by atoms with E-state index in [2.05, 4.69) is 20.9 Å². The van der Waals surface area contributed by atoms with Crippen LogP contribution < -0.4 is 19.6 Å². The van der Waals surface area contributed by atoms with Crippen molar-refractivity contribution in [1.82, 2.24) is 4.57 Å². The van der Waals surface area contributed by atoms with E-state index in [1.54, 1.807) is 25.1 Å². The van der Waals surface area contributed by atoms with Crippen LogP contribution in [0.1, 0.15) is 43.9 Å². The first kappa shape index (κ1) is 28.5. The number of benzene rings is 2. The van der Waals surface area contributed by atoms with Crippen LogP contribution >= 0.6 is 38.9 Å². The minimum Gasteiger partial charge on any atom is -0.501 e. The summed E-state index contributed by atoms with van der Waals surface area (Å²) in [5.41, 5.74) is 0.494. The van der Waals surface area contributed by atoms with E-state index in [0.29, 0.717) is 45.2 Å². The van der Waals surface area contributed by atoms with Gasteiger partial charge in [0.2, 0.25) is 5.75 Å². The summed E-state index contributed by atoms with van der Waals surface area (Å²) >= 11 is 10.5. The molecule has 204 valence electrons. The second kappa shape index (κ2) is 11.7. The van der Waals surface area contributed by atoms with Gasteiger partial charge in [0, 0.05) is 16.7 Å². The van der Waals surface area contributed by atoms with Crippen LogP contribution in [-0.2, 0) is 9.53 Å². The zero-order chi connectivity index (χ0) is 28.4. The quantitative estimate of drug-likeness (QED) is 0.217. The highest BCUT2D eigenvalue weighted by molar-refractivity contribution is 9.10. The smallest absolute Gasteiger partial charge is 0.338 e. The molecule has 1 aliphatic rings. The molecule has 0 aliphatic carbocycles. The van der Waals surface area contributed by atoms with E-state index in [-0.39, 0.29) is 21.2 Å². The highest BCUT2D eigenvalue weighted by Gasteiger charge is 2.36. The second-order valence-corrected chi connectivity index (χ2v) is 10.7. The Morgan fingerprint density at radius 1 is 1.33 bits per heavy atom. The number of aromatic nitrogens is 1. The Morgan fingerprint density at radius 2 is 2.08 bits per heavy atom. The number of aromatic hydroxyl groups is 1. The molecule has 13 heteroatoms. The number of carbonyl (C=O) groups excluding carboxylic acids is 1. The van der Waals surface area contributed by atoms with Crippen molar-refractivity contribution < 1.29 is 24.3 Å². The molecule has 10 nitrogen and oxygen atoms in total. The first-order valence-electron chi connectivity index (χ1n) is 11.8. The summed E-state index contributed by atoms with van der Waals surface area (Å²) in [6, 6.07) is 6.62. The number of phenolic OH excluding ortho intramolecular Hbond substituents is 1. The van der Waals surface area contributed by atoms with Crippen LogP contribution in [0.2, 0.25) is 5.02 Å². The van der Waals surface area contributed by atoms with Crippen molar-refractivity contribution in [2.45, 2.75) is 32.7 Å². The lowest BCUT2D eigenvalue weighted by Gasteiger charge is -2.27. The van der Waals surface area contributed by atoms with E-state index >= 15 is 0 Å². The zero-order valence-electron chi connectivity index (χ0n) is 21.1. The van der Waals surface area contributed by atoms with Crippen LogP contribution in [0.4, 0.5) is 5.69 Å². The maximum atomic E-state index is 13.9. The monoisotopic (exact) mass is 635 g/mol. The molecule has 2 aromatic carbocycles. The number of methoxy groups -OCH3 is 1. The molecule has 2 heterocycles. The Kier molecular flexibility index (Phi) is 8.57. The molecule has 0 amide bonds. The average molecular weight is 637 g/mol. The number of thiazole rings is 1. The van der Waals surface area contributed by atoms with Gasteiger partial charge in [0.1, 0.15) is 11.8 Å². The lowest BCUT2D eigenvalue weighted by atomic mass is 9.93. The Morgan fingerprint density at radius 3 is 2.72 bits per heavy atom. The van der Waals surface area contributed by atoms with Crippen molar-refractivity contribution in [1.29, 1.82) is 0 Å². The fourth-order valence-corrected chi connectivity index (χ4v) is 5.98. The molecule has 0 spiro atoms. The Bertz CT molecular complexity index is 1700. The molecular formula is C26H23BrClN3O7S. The van der Waals surface area contributed by atoms with Crippen LogP contribution in [0.5, 0.6) is 11.5 Å². The third-order valence-corrected chi connectivity index (χ3v) is 7.76. The average Bonchev–Trinajstić information content (AvgIpc) is 3.19. The van der Waals surface area contributed by atoms with E-state index < -0.39 is 33.9 Å². The van der Waals surface area contributed by atoms with Gasteiger partial charge in [-0.25, -0.2) is 9.79 Å². The third kappa shape index (κ3) is 5.49. The first-order valence-corrected chi connectivity index (χ1v) is 13.8. The number of hydrogen-bond acceptors (Lipinski definition) is 9. The lowest BCUT2D eigenvalue weighted by molar-refractivity contribution is -0.386. The fraction of sp³-hybridized carbons (Fsp3) is 0.269. The van der Waals surface area contributed by atoms with Crippen molar-refractivity contribution in [3.05, 3.63) is 92.0 Å². The number of esters is 1. The van der Waals surface area contributed by atoms with E-state index in [4.69, 9.17) is 21.1 Å². The molecule has 0 saturated carbocycles. The lowest BCUT2D eigenvalue weighted by Crippen LogP contribution is -2.40. The van der Waals surface area contributed by atoms with Crippen molar-refractivity contribution in [3.63, 3.8) is 0 Å². The van der Waals surface area contributed by atoms with Crippen molar-refractivity contribution in [2.24, 2.45) is 4.99 Å². The zero-order valence-corrected chi connectivity index (χ0v) is 24.2. The molecule has 1 N–H and O–H groups in total. The number of nitro groups is 1. The minimum atomic E-state index is -0.946. The summed E-state index contributed by atoms with van der Waals surface area (Å²) in [7, 11) is 1.48. The molecule has 0 radical (unpaired) electrons. The van der Waals surface area contributed by atoms with E-state index in [0.717, 1.165) is 11.3 Å². The van der Waals surface area contributed by atoms with Gasteiger partial charge < -0.3 is 14.6 Å². The van der Waals surface area contributed by atoms with Crippen molar-refractivity contribution in [2.75, 3.05) is 13.7 Å². The van der Waals surface area contributed by atoms with Crippen molar-refractivity contribution >= 4 is 56.6 Å². The number of hydrogen-bond donors (Lipinski definition) is 1. The molecule has 1 aliphatic heterocycles. The van der Waals surface area contributed by atoms with Gasteiger partial charge in [-0.1, -0.05) is 36.3 Å². The number of ether oxygens (including phenoxy) is 2. The summed E-state index contributed by atoms with van der Waals surface area (Å²) in [6.45, 7) is 3.77. The normalized spacial score (nSPS) is 15.1. The maximum absolute atomic E-state index is 13.9. The number of allylic oxidation sites excluding steroid dienone is 1. The standard InChI is InChI=1S/C26H23BrClN3O7S/c1-4-6-17-21(25(34)38-5-2)22(15-12-14(28)7-8-19(15)37-3)30-24(33)20(39-26(30)29-17)11-13-9-16(27)23(32)18(10-13)31(35)36/h7-12,22,32H,4-6H2,1-3H3/b20-11+/t22-/m0/s1. The molecular weight excluding hydrogens is 614 g/mol. The third-order valence-electron chi connectivity index (χ3n) is 5.94. The molecule has 1 aromatic heterocycles. The Balaban J connectivity index is 2.06. The molecule has 0 saturated heterocycles. The highest BCUT2D eigenvalue weighted by atomic mass is 79.9. The predicted molar refractivity (Wildman–Crippen MR) is 150 cm³/mol. The van der Waals surface area contributed by atoms with Gasteiger partial charge in [-0.2, -0.15) is 0 Å². The molecule has 0 unspecified atom stereocenters. The number of rotatable bonds is 8. The second-order valence-electron chi connectivity index (χ2n) is 8.43. The van der Waals surface area contributed by atoms with Gasteiger partial charge in [-0.05, 0) is 65.2 Å².